The van der Waals surface area contributed by atoms with Gasteiger partial charge in [0.15, 0.2) is 5.76 Å². The second kappa shape index (κ2) is 8.84. The van der Waals surface area contributed by atoms with Crippen LogP contribution in [0, 0.1) is 19.7 Å². The second-order valence-corrected chi connectivity index (χ2v) is 8.64. The summed E-state index contributed by atoms with van der Waals surface area (Å²) < 4.78 is 20.0. The molecule has 0 fully saturated rings. The van der Waals surface area contributed by atoms with Crippen molar-refractivity contribution in [3.05, 3.63) is 88.6 Å². The summed E-state index contributed by atoms with van der Waals surface area (Å²) in [4.78, 5) is 14.7. The third kappa shape index (κ3) is 5.36. The first-order valence-corrected chi connectivity index (χ1v) is 10.1. The lowest BCUT2D eigenvalue weighted by Gasteiger charge is -2.35. The maximum atomic E-state index is 14.1. The standard InChI is InChI=1S/C25H29FN2O2/c1-17-10-11-20(14-18(17)2)27-24(29)23-13-12-21(30-23)16-28(25(3,4)5)15-19-8-6-7-9-22(19)26/h6-14H,15-16H2,1-5H3,(H,27,29). The smallest absolute Gasteiger partial charge is 0.291 e. The Kier molecular flexibility index (Phi) is 6.42. The molecule has 0 unspecified atom stereocenters. The van der Waals surface area contributed by atoms with Crippen LogP contribution in [0.25, 0.3) is 0 Å². The monoisotopic (exact) mass is 408 g/mol. The number of hydrogen-bond acceptors (Lipinski definition) is 3. The topological polar surface area (TPSA) is 45.5 Å². The molecule has 3 aromatic rings. The minimum Gasteiger partial charge on any atom is -0.455 e. The molecule has 0 atom stereocenters. The first-order chi connectivity index (χ1) is 14.1. The Labute approximate surface area is 177 Å². The predicted molar refractivity (Wildman–Crippen MR) is 118 cm³/mol. The molecule has 2 aromatic carbocycles. The molecule has 30 heavy (non-hydrogen) atoms. The molecule has 0 spiro atoms. The van der Waals surface area contributed by atoms with E-state index in [2.05, 4.69) is 31.0 Å². The minimum atomic E-state index is -0.291. The van der Waals surface area contributed by atoms with Gasteiger partial charge in [0.25, 0.3) is 5.91 Å². The number of nitrogens with one attached hydrogen (secondary N) is 1. The summed E-state index contributed by atoms with van der Waals surface area (Å²) in [5, 5.41) is 2.87. The summed E-state index contributed by atoms with van der Waals surface area (Å²) in [6.45, 7) is 11.2. The average molecular weight is 409 g/mol. The zero-order chi connectivity index (χ0) is 21.9. The van der Waals surface area contributed by atoms with Gasteiger partial charge in [0.2, 0.25) is 0 Å². The van der Waals surface area contributed by atoms with Crippen LogP contribution in [0.2, 0.25) is 0 Å². The van der Waals surface area contributed by atoms with Crippen LogP contribution < -0.4 is 5.32 Å². The van der Waals surface area contributed by atoms with Gasteiger partial charge in [-0.1, -0.05) is 24.3 Å². The SMILES string of the molecule is Cc1ccc(NC(=O)c2ccc(CN(Cc3ccccc3F)C(C)(C)C)o2)cc1C. The Bertz CT molecular complexity index is 1030. The highest BCUT2D eigenvalue weighted by molar-refractivity contribution is 6.02. The first kappa shape index (κ1) is 21.8. The third-order valence-corrected chi connectivity index (χ3v) is 5.26. The number of amides is 1. The van der Waals surface area contributed by atoms with E-state index in [1.807, 2.05) is 38.1 Å². The summed E-state index contributed by atoms with van der Waals surface area (Å²) in [6, 6.07) is 16.0. The lowest BCUT2D eigenvalue weighted by Crippen LogP contribution is -2.40. The molecule has 1 N–H and O–H groups in total. The zero-order valence-corrected chi connectivity index (χ0v) is 18.3. The Morgan fingerprint density at radius 1 is 1.00 bits per heavy atom. The van der Waals surface area contributed by atoms with E-state index >= 15 is 0 Å². The van der Waals surface area contributed by atoms with Gasteiger partial charge in [0, 0.05) is 23.3 Å². The van der Waals surface area contributed by atoms with E-state index in [1.165, 1.54) is 11.6 Å². The van der Waals surface area contributed by atoms with Crippen molar-refractivity contribution in [3.63, 3.8) is 0 Å². The molecule has 0 aliphatic rings. The van der Waals surface area contributed by atoms with E-state index in [0.29, 0.717) is 24.4 Å². The van der Waals surface area contributed by atoms with Crippen molar-refractivity contribution in [1.82, 2.24) is 4.90 Å². The largest absolute Gasteiger partial charge is 0.455 e. The maximum Gasteiger partial charge on any atom is 0.291 e. The molecule has 3 rings (SSSR count). The quantitative estimate of drug-likeness (QED) is 0.537. The van der Waals surface area contributed by atoms with E-state index in [0.717, 1.165) is 11.3 Å². The molecule has 0 aliphatic carbocycles. The highest BCUT2D eigenvalue weighted by Gasteiger charge is 2.24. The van der Waals surface area contributed by atoms with Crippen LogP contribution in [0.3, 0.4) is 0 Å². The van der Waals surface area contributed by atoms with Gasteiger partial charge in [0.1, 0.15) is 11.6 Å². The van der Waals surface area contributed by atoms with Gasteiger partial charge < -0.3 is 9.73 Å². The van der Waals surface area contributed by atoms with Gasteiger partial charge in [-0.15, -0.1) is 0 Å². The summed E-state index contributed by atoms with van der Waals surface area (Å²) in [5.74, 6) is 0.398. The molecule has 1 amide bonds. The number of carbonyl (C=O) groups excluding carboxylic acids is 1. The van der Waals surface area contributed by atoms with Crippen molar-refractivity contribution in [3.8, 4) is 0 Å². The molecule has 4 nitrogen and oxygen atoms in total. The van der Waals surface area contributed by atoms with E-state index in [-0.39, 0.29) is 23.0 Å². The molecular weight excluding hydrogens is 379 g/mol. The molecule has 1 aromatic heterocycles. The molecule has 0 saturated carbocycles. The summed E-state index contributed by atoms with van der Waals surface area (Å²) >= 11 is 0. The molecule has 1 heterocycles. The van der Waals surface area contributed by atoms with Gasteiger partial charge >= 0.3 is 0 Å². The van der Waals surface area contributed by atoms with Gasteiger partial charge in [-0.3, -0.25) is 9.69 Å². The van der Waals surface area contributed by atoms with Crippen LogP contribution in [0.5, 0.6) is 0 Å². The van der Waals surface area contributed by atoms with Gasteiger partial charge in [-0.05, 0) is 76.1 Å². The summed E-state index contributed by atoms with van der Waals surface area (Å²) in [6.07, 6.45) is 0. The van der Waals surface area contributed by atoms with Crippen molar-refractivity contribution in [2.24, 2.45) is 0 Å². The van der Waals surface area contributed by atoms with Crippen LogP contribution >= 0.6 is 0 Å². The van der Waals surface area contributed by atoms with E-state index in [1.54, 1.807) is 24.3 Å². The molecular formula is C25H29FN2O2. The number of furan rings is 1. The fourth-order valence-corrected chi connectivity index (χ4v) is 3.15. The average Bonchev–Trinajstić information content (AvgIpc) is 3.14. The van der Waals surface area contributed by atoms with Gasteiger partial charge in [0.05, 0.1) is 6.54 Å². The number of rotatable bonds is 6. The molecule has 158 valence electrons. The molecule has 0 saturated heterocycles. The van der Waals surface area contributed by atoms with Crippen LogP contribution in [0.1, 0.15) is 53.8 Å². The first-order valence-electron chi connectivity index (χ1n) is 10.1. The number of aryl methyl sites for hydroxylation is 2. The number of benzene rings is 2. The van der Waals surface area contributed by atoms with Crippen molar-refractivity contribution >= 4 is 11.6 Å². The van der Waals surface area contributed by atoms with E-state index in [9.17, 15) is 9.18 Å². The number of hydrogen-bond donors (Lipinski definition) is 1. The molecule has 0 radical (unpaired) electrons. The van der Waals surface area contributed by atoms with Crippen molar-refractivity contribution in [1.29, 1.82) is 0 Å². The van der Waals surface area contributed by atoms with E-state index in [4.69, 9.17) is 4.42 Å². The summed E-state index contributed by atoms with van der Waals surface area (Å²) in [7, 11) is 0. The van der Waals surface area contributed by atoms with Crippen molar-refractivity contribution in [2.75, 3.05) is 5.32 Å². The minimum absolute atomic E-state index is 0.211. The summed E-state index contributed by atoms with van der Waals surface area (Å²) in [5.41, 5.74) is 3.44. The highest BCUT2D eigenvalue weighted by Crippen LogP contribution is 2.23. The third-order valence-electron chi connectivity index (χ3n) is 5.26. The van der Waals surface area contributed by atoms with Crippen LogP contribution in [-0.4, -0.2) is 16.3 Å². The Morgan fingerprint density at radius 2 is 1.73 bits per heavy atom. The molecule has 0 bridgehead atoms. The molecule has 5 heteroatoms. The number of anilines is 1. The Morgan fingerprint density at radius 3 is 2.40 bits per heavy atom. The normalized spacial score (nSPS) is 11.7. The van der Waals surface area contributed by atoms with Crippen molar-refractivity contribution < 1.29 is 13.6 Å². The van der Waals surface area contributed by atoms with Crippen LogP contribution in [0.4, 0.5) is 10.1 Å². The Balaban J connectivity index is 1.72. The lowest BCUT2D eigenvalue weighted by molar-refractivity contribution is 0.0966. The number of carbonyl (C=O) groups is 1. The number of halogens is 1. The van der Waals surface area contributed by atoms with Gasteiger partial charge in [-0.2, -0.15) is 0 Å². The zero-order valence-electron chi connectivity index (χ0n) is 18.3. The fourth-order valence-electron chi connectivity index (χ4n) is 3.15. The van der Waals surface area contributed by atoms with Gasteiger partial charge in [-0.25, -0.2) is 4.39 Å². The Hall–Kier alpha value is -2.92. The molecule has 0 aliphatic heterocycles. The number of nitrogens with zero attached hydrogens (tertiary/aromatic N) is 1. The van der Waals surface area contributed by atoms with E-state index < -0.39 is 0 Å². The van der Waals surface area contributed by atoms with Crippen LogP contribution in [0.15, 0.2) is 59.0 Å². The second-order valence-electron chi connectivity index (χ2n) is 8.64. The van der Waals surface area contributed by atoms with Crippen molar-refractivity contribution in [2.45, 2.75) is 53.2 Å². The van der Waals surface area contributed by atoms with Crippen LogP contribution in [-0.2, 0) is 13.1 Å². The highest BCUT2D eigenvalue weighted by atomic mass is 19.1. The maximum absolute atomic E-state index is 14.1. The lowest BCUT2D eigenvalue weighted by atomic mass is 10.0. The predicted octanol–water partition coefficient (Wildman–Crippen LogP) is 6.09. The fraction of sp³-hybridized carbons (Fsp3) is 0.320.